The summed E-state index contributed by atoms with van der Waals surface area (Å²) >= 11 is 0. The number of aliphatic hydroxyl groups excluding tert-OH is 2. The van der Waals surface area contributed by atoms with Crippen LogP contribution in [0.15, 0.2) is 18.2 Å². The Balaban J connectivity index is 2.06. The Morgan fingerprint density at radius 2 is 2.14 bits per heavy atom. The molecule has 0 saturated carbocycles. The average molecular weight is 291 g/mol. The van der Waals surface area contributed by atoms with E-state index in [4.69, 9.17) is 10.2 Å². The molecule has 1 unspecified atom stereocenters. The van der Waals surface area contributed by atoms with E-state index in [2.05, 4.69) is 16.7 Å². The molecule has 1 heterocycles. The van der Waals surface area contributed by atoms with Crippen LogP contribution in [-0.4, -0.2) is 40.9 Å². The first-order chi connectivity index (χ1) is 10.2. The van der Waals surface area contributed by atoms with Crippen LogP contribution in [0, 0.1) is 17.7 Å². The Kier molecular flexibility index (Phi) is 6.19. The third kappa shape index (κ3) is 4.82. The molecule has 1 saturated heterocycles. The lowest BCUT2D eigenvalue weighted by atomic mass is 10.1. The van der Waals surface area contributed by atoms with E-state index in [0.717, 1.165) is 37.8 Å². The molecule has 2 rings (SSSR count). The fourth-order valence-corrected chi connectivity index (χ4v) is 2.95. The van der Waals surface area contributed by atoms with Gasteiger partial charge in [0.1, 0.15) is 12.4 Å². The van der Waals surface area contributed by atoms with E-state index in [9.17, 15) is 4.39 Å². The first-order valence-electron chi connectivity index (χ1n) is 7.47. The van der Waals surface area contributed by atoms with Gasteiger partial charge in [-0.05, 0) is 56.0 Å². The van der Waals surface area contributed by atoms with E-state index in [0.29, 0.717) is 18.2 Å². The molecule has 0 spiro atoms. The molecule has 114 valence electrons. The Morgan fingerprint density at radius 1 is 1.29 bits per heavy atom. The van der Waals surface area contributed by atoms with E-state index < -0.39 is 0 Å². The van der Waals surface area contributed by atoms with Gasteiger partial charge in [-0.3, -0.25) is 4.90 Å². The molecular weight excluding hydrogens is 269 g/mol. The molecule has 0 aromatic heterocycles. The van der Waals surface area contributed by atoms with Gasteiger partial charge in [-0.25, -0.2) is 4.39 Å². The quantitative estimate of drug-likeness (QED) is 0.815. The normalized spacial score (nSPS) is 18.5. The zero-order valence-corrected chi connectivity index (χ0v) is 12.2. The molecule has 1 aromatic rings. The highest BCUT2D eigenvalue weighted by molar-refractivity contribution is 5.37. The molecular formula is C17H22FNO2. The van der Waals surface area contributed by atoms with Crippen molar-refractivity contribution in [1.82, 2.24) is 4.90 Å². The monoisotopic (exact) mass is 291 g/mol. The highest BCUT2D eigenvalue weighted by Gasteiger charge is 2.23. The summed E-state index contributed by atoms with van der Waals surface area (Å²) in [7, 11) is 0. The van der Waals surface area contributed by atoms with Crippen LogP contribution in [0.5, 0.6) is 0 Å². The SMILES string of the molecule is OCC#Cc1cc(F)cc(CN2CCCC2CCCO)c1. The van der Waals surface area contributed by atoms with E-state index in [-0.39, 0.29) is 19.0 Å². The minimum absolute atomic E-state index is 0.221. The van der Waals surface area contributed by atoms with Crippen molar-refractivity contribution in [3.8, 4) is 11.8 Å². The maximum absolute atomic E-state index is 13.6. The molecule has 3 nitrogen and oxygen atoms in total. The lowest BCUT2D eigenvalue weighted by Gasteiger charge is -2.24. The van der Waals surface area contributed by atoms with Gasteiger partial charge in [-0.15, -0.1) is 0 Å². The number of hydrogen-bond donors (Lipinski definition) is 2. The van der Waals surface area contributed by atoms with Crippen molar-refractivity contribution >= 4 is 0 Å². The van der Waals surface area contributed by atoms with E-state index in [1.165, 1.54) is 6.07 Å². The zero-order chi connectivity index (χ0) is 15.1. The first kappa shape index (κ1) is 16.0. The molecule has 0 aliphatic carbocycles. The average Bonchev–Trinajstić information content (AvgIpc) is 2.89. The van der Waals surface area contributed by atoms with Gasteiger partial charge < -0.3 is 10.2 Å². The maximum atomic E-state index is 13.6. The van der Waals surface area contributed by atoms with E-state index in [1.807, 2.05) is 6.07 Å². The van der Waals surface area contributed by atoms with Crippen LogP contribution in [0.25, 0.3) is 0 Å². The molecule has 1 fully saturated rings. The second kappa shape index (κ2) is 8.14. The molecule has 1 aliphatic heterocycles. The van der Waals surface area contributed by atoms with Crippen molar-refractivity contribution in [3.05, 3.63) is 35.1 Å². The van der Waals surface area contributed by atoms with Crippen LogP contribution in [0.2, 0.25) is 0 Å². The maximum Gasteiger partial charge on any atom is 0.124 e. The van der Waals surface area contributed by atoms with Crippen molar-refractivity contribution in [3.63, 3.8) is 0 Å². The third-order valence-corrected chi connectivity index (χ3v) is 3.85. The predicted molar refractivity (Wildman–Crippen MR) is 80.1 cm³/mol. The van der Waals surface area contributed by atoms with Crippen LogP contribution in [0.1, 0.15) is 36.8 Å². The Bertz CT molecular complexity index is 521. The Labute approximate surface area is 125 Å². The topological polar surface area (TPSA) is 43.7 Å². The standard InChI is InChI=1S/C17H22FNO2/c18-16-11-14(4-2-8-20)10-15(12-16)13-19-7-1-5-17(19)6-3-9-21/h10-12,17,20-21H,1,3,5-9,13H2. The van der Waals surface area contributed by atoms with Crippen molar-refractivity contribution in [2.45, 2.75) is 38.3 Å². The fraction of sp³-hybridized carbons (Fsp3) is 0.529. The second-order valence-corrected chi connectivity index (χ2v) is 5.44. The summed E-state index contributed by atoms with van der Waals surface area (Å²) in [4.78, 5) is 2.35. The summed E-state index contributed by atoms with van der Waals surface area (Å²) < 4.78 is 13.6. The summed E-state index contributed by atoms with van der Waals surface area (Å²) in [6.45, 7) is 1.73. The van der Waals surface area contributed by atoms with Gasteiger partial charge >= 0.3 is 0 Å². The zero-order valence-electron chi connectivity index (χ0n) is 12.2. The molecule has 4 heteroatoms. The Morgan fingerprint density at radius 3 is 2.90 bits per heavy atom. The first-order valence-corrected chi connectivity index (χ1v) is 7.47. The molecule has 1 aromatic carbocycles. The molecule has 0 bridgehead atoms. The van der Waals surface area contributed by atoms with Gasteiger partial charge in [0.05, 0.1) is 0 Å². The summed E-state index contributed by atoms with van der Waals surface area (Å²) in [5.74, 6) is 5.01. The number of rotatable bonds is 5. The predicted octanol–water partition coefficient (Wildman–Crippen LogP) is 1.91. The summed E-state index contributed by atoms with van der Waals surface area (Å²) in [6.07, 6.45) is 4.11. The third-order valence-electron chi connectivity index (χ3n) is 3.85. The number of halogens is 1. The molecule has 0 amide bonds. The van der Waals surface area contributed by atoms with E-state index >= 15 is 0 Å². The summed E-state index contributed by atoms with van der Waals surface area (Å²) in [5, 5.41) is 17.7. The molecule has 2 N–H and O–H groups in total. The molecule has 21 heavy (non-hydrogen) atoms. The number of nitrogens with zero attached hydrogens (tertiary/aromatic N) is 1. The smallest absolute Gasteiger partial charge is 0.124 e. The van der Waals surface area contributed by atoms with Gasteiger partial charge in [0.2, 0.25) is 0 Å². The lowest BCUT2D eigenvalue weighted by Crippen LogP contribution is -2.29. The fourth-order valence-electron chi connectivity index (χ4n) is 2.95. The highest BCUT2D eigenvalue weighted by Crippen LogP contribution is 2.24. The minimum Gasteiger partial charge on any atom is -0.396 e. The van der Waals surface area contributed by atoms with Crippen LogP contribution in [0.3, 0.4) is 0 Å². The minimum atomic E-state index is -0.291. The molecule has 0 radical (unpaired) electrons. The van der Waals surface area contributed by atoms with Crippen LogP contribution in [0.4, 0.5) is 4.39 Å². The summed E-state index contributed by atoms with van der Waals surface area (Å²) in [5.41, 5.74) is 1.51. The largest absolute Gasteiger partial charge is 0.396 e. The number of benzene rings is 1. The Hall–Kier alpha value is -1.41. The van der Waals surface area contributed by atoms with Crippen molar-refractivity contribution in [2.24, 2.45) is 0 Å². The van der Waals surface area contributed by atoms with Crippen LogP contribution >= 0.6 is 0 Å². The molecule has 1 aliphatic rings. The van der Waals surface area contributed by atoms with Crippen molar-refractivity contribution < 1.29 is 14.6 Å². The number of likely N-dealkylation sites (tertiary alicyclic amines) is 1. The van der Waals surface area contributed by atoms with Crippen LogP contribution < -0.4 is 0 Å². The number of hydrogen-bond acceptors (Lipinski definition) is 3. The van der Waals surface area contributed by atoms with Crippen molar-refractivity contribution in [1.29, 1.82) is 0 Å². The van der Waals surface area contributed by atoms with Gasteiger partial charge in [0.25, 0.3) is 0 Å². The lowest BCUT2D eigenvalue weighted by molar-refractivity contribution is 0.210. The van der Waals surface area contributed by atoms with Gasteiger partial charge in [-0.2, -0.15) is 0 Å². The highest BCUT2D eigenvalue weighted by atomic mass is 19.1. The second-order valence-electron chi connectivity index (χ2n) is 5.44. The van der Waals surface area contributed by atoms with Crippen molar-refractivity contribution in [2.75, 3.05) is 19.8 Å². The van der Waals surface area contributed by atoms with Gasteiger partial charge in [0.15, 0.2) is 0 Å². The molecule has 1 atom stereocenters. The van der Waals surface area contributed by atoms with Crippen LogP contribution in [-0.2, 0) is 6.54 Å². The van der Waals surface area contributed by atoms with Gasteiger partial charge in [-0.1, -0.05) is 11.8 Å². The van der Waals surface area contributed by atoms with E-state index in [1.54, 1.807) is 6.07 Å². The van der Waals surface area contributed by atoms with Gasteiger partial charge in [0, 0.05) is 24.8 Å². The number of aliphatic hydroxyl groups is 2. The summed E-state index contributed by atoms with van der Waals surface area (Å²) in [6, 6.07) is 5.30.